The summed E-state index contributed by atoms with van der Waals surface area (Å²) in [7, 11) is 1.89. The van der Waals surface area contributed by atoms with Crippen molar-refractivity contribution in [1.29, 1.82) is 0 Å². The van der Waals surface area contributed by atoms with Crippen LogP contribution in [0.4, 0.5) is 24.7 Å². The molecule has 0 unspecified atom stereocenters. The maximum Gasteiger partial charge on any atom is 0.417 e. The summed E-state index contributed by atoms with van der Waals surface area (Å²) in [5.74, 6) is 2.00. The highest BCUT2D eigenvalue weighted by Gasteiger charge is 2.31. The minimum absolute atomic E-state index is 0.541. The number of ether oxygens (including phenoxy) is 1. The summed E-state index contributed by atoms with van der Waals surface area (Å²) in [5.41, 5.74) is 1.40. The fourth-order valence-corrected chi connectivity index (χ4v) is 3.93. The van der Waals surface area contributed by atoms with E-state index in [1.54, 1.807) is 0 Å². The second-order valence-corrected chi connectivity index (χ2v) is 7.63. The molecule has 0 spiro atoms. The van der Waals surface area contributed by atoms with Crippen LogP contribution in [0, 0.1) is 5.92 Å². The molecule has 1 aromatic carbocycles. The molecule has 2 aromatic heterocycles. The number of rotatable bonds is 6. The maximum atomic E-state index is 12.7. The first-order chi connectivity index (χ1) is 14.4. The zero-order valence-electron chi connectivity index (χ0n) is 16.8. The van der Waals surface area contributed by atoms with Gasteiger partial charge in [-0.05, 0) is 55.5 Å². The molecule has 1 aliphatic rings. The van der Waals surface area contributed by atoms with Gasteiger partial charge in [0.05, 0.1) is 17.9 Å². The molecule has 0 aliphatic carbocycles. The lowest BCUT2D eigenvalue weighted by molar-refractivity contribution is -0.137. The second kappa shape index (κ2) is 8.45. The molecular formula is C22H25F3N4O. The number of aromatic nitrogens is 2. The summed E-state index contributed by atoms with van der Waals surface area (Å²) in [6.07, 6.45) is 1.42. The van der Waals surface area contributed by atoms with Crippen LogP contribution in [-0.4, -0.2) is 36.7 Å². The summed E-state index contributed by atoms with van der Waals surface area (Å²) < 4.78 is 44.0. The minimum atomic E-state index is -4.35. The molecule has 5 nitrogen and oxygen atoms in total. The van der Waals surface area contributed by atoms with Gasteiger partial charge in [-0.1, -0.05) is 0 Å². The fourth-order valence-electron chi connectivity index (χ4n) is 3.93. The Morgan fingerprint density at radius 2 is 2.00 bits per heavy atom. The van der Waals surface area contributed by atoms with E-state index in [2.05, 4.69) is 20.2 Å². The number of pyridine rings is 1. The number of anilines is 2. The Kier molecular flexibility index (Phi) is 5.74. The van der Waals surface area contributed by atoms with Gasteiger partial charge >= 0.3 is 6.18 Å². The van der Waals surface area contributed by atoms with Gasteiger partial charge in [0.25, 0.3) is 0 Å². The van der Waals surface area contributed by atoms with Crippen LogP contribution in [-0.2, 0) is 6.18 Å². The molecule has 8 heteroatoms. The van der Waals surface area contributed by atoms with Gasteiger partial charge in [0.2, 0.25) is 0 Å². The standard InChI is InChI=1S/C22H25F3N4O/c1-26-20-14-27-19-4-3-17(12-18(19)20)30-11-8-15-6-9-29(10-7-15)21-5-2-16(13-28-21)22(23,24)25/h2-5,12-15,26-27H,6-11H2,1H3. The van der Waals surface area contributed by atoms with E-state index >= 15 is 0 Å². The zero-order chi connectivity index (χ0) is 21.1. The van der Waals surface area contributed by atoms with Crippen LogP contribution in [0.5, 0.6) is 5.75 Å². The summed E-state index contributed by atoms with van der Waals surface area (Å²) >= 11 is 0. The van der Waals surface area contributed by atoms with Gasteiger partial charge in [-0.25, -0.2) is 4.98 Å². The van der Waals surface area contributed by atoms with Crippen molar-refractivity contribution >= 4 is 22.4 Å². The number of hydrogen-bond acceptors (Lipinski definition) is 4. The minimum Gasteiger partial charge on any atom is -0.494 e. The van der Waals surface area contributed by atoms with Gasteiger partial charge in [-0.3, -0.25) is 0 Å². The fraction of sp³-hybridized carbons (Fsp3) is 0.409. The molecule has 1 aliphatic heterocycles. The molecule has 160 valence electrons. The van der Waals surface area contributed by atoms with E-state index in [9.17, 15) is 13.2 Å². The van der Waals surface area contributed by atoms with Crippen LogP contribution in [0.1, 0.15) is 24.8 Å². The van der Waals surface area contributed by atoms with Crippen LogP contribution in [0.2, 0.25) is 0 Å². The molecule has 0 bridgehead atoms. The largest absolute Gasteiger partial charge is 0.494 e. The van der Waals surface area contributed by atoms with Gasteiger partial charge in [-0.2, -0.15) is 13.2 Å². The average Bonchev–Trinajstić information content (AvgIpc) is 3.16. The number of fused-ring (bicyclic) bond motifs is 1. The van der Waals surface area contributed by atoms with Crippen molar-refractivity contribution in [3.63, 3.8) is 0 Å². The number of aromatic amines is 1. The number of H-pyrrole nitrogens is 1. The number of nitrogens with one attached hydrogen (secondary N) is 2. The predicted octanol–water partition coefficient (Wildman–Crippen LogP) is 5.31. The van der Waals surface area contributed by atoms with Crippen LogP contribution in [0.15, 0.2) is 42.7 Å². The first-order valence-electron chi connectivity index (χ1n) is 10.1. The smallest absolute Gasteiger partial charge is 0.417 e. The molecule has 0 saturated carbocycles. The summed E-state index contributed by atoms with van der Waals surface area (Å²) in [6.45, 7) is 2.24. The van der Waals surface area contributed by atoms with Gasteiger partial charge in [0.15, 0.2) is 0 Å². The first kappa shape index (κ1) is 20.4. The monoisotopic (exact) mass is 418 g/mol. The molecule has 0 atom stereocenters. The van der Waals surface area contributed by atoms with Crippen molar-refractivity contribution in [3.8, 4) is 5.75 Å². The highest BCUT2D eigenvalue weighted by atomic mass is 19.4. The number of piperidine rings is 1. The van der Waals surface area contributed by atoms with E-state index in [-0.39, 0.29) is 0 Å². The van der Waals surface area contributed by atoms with Crippen molar-refractivity contribution < 1.29 is 17.9 Å². The van der Waals surface area contributed by atoms with Crippen LogP contribution in [0.3, 0.4) is 0 Å². The molecule has 4 rings (SSSR count). The van der Waals surface area contributed by atoms with Crippen molar-refractivity contribution in [2.75, 3.05) is 37.0 Å². The highest BCUT2D eigenvalue weighted by Crippen LogP contribution is 2.31. The molecule has 1 saturated heterocycles. The van der Waals surface area contributed by atoms with Gasteiger partial charge < -0.3 is 19.9 Å². The molecule has 2 N–H and O–H groups in total. The van der Waals surface area contributed by atoms with Gasteiger partial charge in [0, 0.05) is 43.4 Å². The lowest BCUT2D eigenvalue weighted by Crippen LogP contribution is -2.34. The Balaban J connectivity index is 1.25. The Bertz CT molecular complexity index is 976. The van der Waals surface area contributed by atoms with Gasteiger partial charge in [-0.15, -0.1) is 0 Å². The lowest BCUT2D eigenvalue weighted by atomic mass is 9.94. The summed E-state index contributed by atoms with van der Waals surface area (Å²) in [5, 5.41) is 4.26. The lowest BCUT2D eigenvalue weighted by Gasteiger charge is -2.32. The Labute approximate surface area is 173 Å². The molecule has 3 heterocycles. The highest BCUT2D eigenvalue weighted by molar-refractivity contribution is 5.93. The summed E-state index contributed by atoms with van der Waals surface area (Å²) in [4.78, 5) is 9.27. The first-order valence-corrected chi connectivity index (χ1v) is 10.1. The second-order valence-electron chi connectivity index (χ2n) is 7.63. The molecule has 0 radical (unpaired) electrons. The van der Waals surface area contributed by atoms with E-state index in [0.717, 1.165) is 67.0 Å². The zero-order valence-corrected chi connectivity index (χ0v) is 16.8. The van der Waals surface area contributed by atoms with Crippen molar-refractivity contribution in [1.82, 2.24) is 9.97 Å². The van der Waals surface area contributed by atoms with E-state index in [0.29, 0.717) is 18.3 Å². The van der Waals surface area contributed by atoms with E-state index < -0.39 is 11.7 Å². The third-order valence-electron chi connectivity index (χ3n) is 5.73. The van der Waals surface area contributed by atoms with E-state index in [1.165, 1.54) is 6.07 Å². The van der Waals surface area contributed by atoms with Crippen LogP contribution in [0.25, 0.3) is 10.9 Å². The molecule has 3 aromatic rings. The normalized spacial score (nSPS) is 15.5. The van der Waals surface area contributed by atoms with Crippen molar-refractivity contribution in [3.05, 3.63) is 48.3 Å². The quantitative estimate of drug-likeness (QED) is 0.570. The number of benzene rings is 1. The van der Waals surface area contributed by atoms with Crippen molar-refractivity contribution in [2.45, 2.75) is 25.4 Å². The maximum absolute atomic E-state index is 12.7. The molecular weight excluding hydrogens is 393 g/mol. The van der Waals surface area contributed by atoms with E-state index in [1.807, 2.05) is 31.4 Å². The van der Waals surface area contributed by atoms with Crippen molar-refractivity contribution in [2.24, 2.45) is 5.92 Å². The Morgan fingerprint density at radius 3 is 2.67 bits per heavy atom. The van der Waals surface area contributed by atoms with E-state index in [4.69, 9.17) is 4.74 Å². The third kappa shape index (κ3) is 4.47. The SMILES string of the molecule is CNc1c[nH]c2ccc(OCCC3CCN(c4ccc(C(F)(F)F)cn4)CC3)cc12. The number of alkyl halides is 3. The van der Waals surface area contributed by atoms with Crippen LogP contribution < -0.4 is 15.0 Å². The summed E-state index contributed by atoms with van der Waals surface area (Å²) in [6, 6.07) is 8.58. The Morgan fingerprint density at radius 1 is 1.20 bits per heavy atom. The predicted molar refractivity (Wildman–Crippen MR) is 112 cm³/mol. The Hall–Kier alpha value is -2.90. The molecule has 1 fully saturated rings. The van der Waals surface area contributed by atoms with Crippen LogP contribution >= 0.6 is 0 Å². The average molecular weight is 418 g/mol. The number of halogens is 3. The topological polar surface area (TPSA) is 53.2 Å². The molecule has 0 amide bonds. The third-order valence-corrected chi connectivity index (χ3v) is 5.73. The molecule has 30 heavy (non-hydrogen) atoms. The number of hydrogen-bond donors (Lipinski definition) is 2. The number of nitrogens with zero attached hydrogens (tertiary/aromatic N) is 2. The van der Waals surface area contributed by atoms with Gasteiger partial charge in [0.1, 0.15) is 11.6 Å².